The van der Waals surface area contributed by atoms with Gasteiger partial charge in [0.2, 0.25) is 11.8 Å². The van der Waals surface area contributed by atoms with Gasteiger partial charge in [-0.05, 0) is 31.2 Å². The summed E-state index contributed by atoms with van der Waals surface area (Å²) < 4.78 is 0.637. The minimum atomic E-state index is -0.434. The van der Waals surface area contributed by atoms with Crippen LogP contribution in [0.25, 0.3) is 0 Å². The first-order valence-electron chi connectivity index (χ1n) is 9.56. The average Bonchev–Trinajstić information content (AvgIpc) is 3.09. The van der Waals surface area contributed by atoms with Gasteiger partial charge in [-0.25, -0.2) is 0 Å². The SMILES string of the molecule is CC(=O)c1cccc(NC(=O)CSC2NC(=O)C3SC(=S)N(c4ccccc4)C3N2)c1. The predicted molar refractivity (Wildman–Crippen MR) is 129 cm³/mol. The van der Waals surface area contributed by atoms with Crippen molar-refractivity contribution in [1.82, 2.24) is 10.6 Å². The van der Waals surface area contributed by atoms with E-state index in [0.29, 0.717) is 15.6 Å². The fourth-order valence-corrected chi connectivity index (χ4v) is 5.77. The Labute approximate surface area is 193 Å². The first-order valence-corrected chi connectivity index (χ1v) is 11.9. The number of ketones is 1. The molecule has 2 aliphatic rings. The van der Waals surface area contributed by atoms with E-state index in [-0.39, 0.29) is 34.8 Å². The number of carbonyl (C=O) groups excluding carboxylic acids is 3. The second-order valence-electron chi connectivity index (χ2n) is 7.01. The van der Waals surface area contributed by atoms with Crippen molar-refractivity contribution < 1.29 is 14.4 Å². The number of thioether (sulfide) groups is 2. The Morgan fingerprint density at radius 2 is 1.97 bits per heavy atom. The fraction of sp³-hybridized carbons (Fsp3) is 0.238. The molecule has 3 N–H and O–H groups in total. The molecule has 2 saturated heterocycles. The number of para-hydroxylation sites is 1. The van der Waals surface area contributed by atoms with Crippen LogP contribution in [0.2, 0.25) is 0 Å². The van der Waals surface area contributed by atoms with Gasteiger partial charge in [-0.3, -0.25) is 19.7 Å². The second kappa shape index (κ2) is 9.39. The van der Waals surface area contributed by atoms with Crippen LogP contribution in [0.3, 0.4) is 0 Å². The third-order valence-electron chi connectivity index (χ3n) is 4.81. The summed E-state index contributed by atoms with van der Waals surface area (Å²) in [5.74, 6) is -0.270. The van der Waals surface area contributed by atoms with Crippen molar-refractivity contribution in [2.75, 3.05) is 16.0 Å². The highest BCUT2D eigenvalue weighted by Gasteiger charge is 2.47. The Kier molecular flexibility index (Phi) is 6.61. The molecule has 4 rings (SSSR count). The third-order valence-corrected chi connectivity index (χ3v) is 7.44. The standard InChI is InChI=1S/C21H20N4O3S3/c1-12(26)13-6-5-7-14(10-13)22-16(27)11-30-20-23-18-17(19(28)24-20)31-21(29)25(18)15-8-3-2-4-9-15/h2-10,17-18,20,23H,11H2,1H3,(H,22,27)(H,24,28). The van der Waals surface area contributed by atoms with Crippen LogP contribution in [0, 0.1) is 0 Å². The Morgan fingerprint density at radius 1 is 1.19 bits per heavy atom. The van der Waals surface area contributed by atoms with Crippen molar-refractivity contribution in [1.29, 1.82) is 0 Å². The monoisotopic (exact) mass is 472 g/mol. The summed E-state index contributed by atoms with van der Waals surface area (Å²) in [6, 6.07) is 16.5. The first-order chi connectivity index (χ1) is 14.9. The molecule has 0 aromatic heterocycles. The van der Waals surface area contributed by atoms with Crippen LogP contribution < -0.4 is 20.9 Å². The number of anilines is 2. The number of nitrogens with zero attached hydrogens (tertiary/aromatic N) is 1. The second-order valence-corrected chi connectivity index (χ2v) is 9.88. The zero-order valence-electron chi connectivity index (χ0n) is 16.5. The summed E-state index contributed by atoms with van der Waals surface area (Å²) in [5.41, 5.74) is 1.58. The maximum atomic E-state index is 12.6. The first kappa shape index (κ1) is 21.8. The molecule has 2 aromatic carbocycles. The van der Waals surface area contributed by atoms with E-state index in [2.05, 4.69) is 16.0 Å². The zero-order valence-corrected chi connectivity index (χ0v) is 19.0. The van der Waals surface area contributed by atoms with Gasteiger partial charge in [0.25, 0.3) is 0 Å². The molecule has 0 radical (unpaired) electrons. The van der Waals surface area contributed by atoms with E-state index in [1.54, 1.807) is 24.3 Å². The molecule has 2 aromatic rings. The smallest absolute Gasteiger partial charge is 0.238 e. The van der Waals surface area contributed by atoms with Crippen molar-refractivity contribution in [2.45, 2.75) is 23.8 Å². The Morgan fingerprint density at radius 3 is 2.71 bits per heavy atom. The molecule has 0 bridgehead atoms. The lowest BCUT2D eigenvalue weighted by Crippen LogP contribution is -2.64. The largest absolute Gasteiger partial charge is 0.331 e. The fourth-order valence-electron chi connectivity index (χ4n) is 3.36. The molecule has 2 amide bonds. The Hall–Kier alpha value is -2.40. The van der Waals surface area contributed by atoms with Crippen LogP contribution in [-0.4, -0.2) is 44.6 Å². The summed E-state index contributed by atoms with van der Waals surface area (Å²) in [4.78, 5) is 38.5. The number of nitrogens with one attached hydrogen (secondary N) is 3. The van der Waals surface area contributed by atoms with Gasteiger partial charge in [0.1, 0.15) is 21.2 Å². The Balaban J connectivity index is 1.38. The molecule has 2 fully saturated rings. The quantitative estimate of drug-likeness (QED) is 0.437. The van der Waals surface area contributed by atoms with E-state index in [9.17, 15) is 14.4 Å². The number of carbonyl (C=O) groups is 3. The molecule has 3 unspecified atom stereocenters. The van der Waals surface area contributed by atoms with Crippen LogP contribution in [0.15, 0.2) is 54.6 Å². The van der Waals surface area contributed by atoms with E-state index in [1.807, 2.05) is 35.2 Å². The van der Waals surface area contributed by atoms with E-state index in [4.69, 9.17) is 12.2 Å². The van der Waals surface area contributed by atoms with Gasteiger partial charge >= 0.3 is 0 Å². The molecular formula is C21H20N4O3S3. The lowest BCUT2D eigenvalue weighted by Gasteiger charge is -2.36. The molecule has 2 aliphatic heterocycles. The zero-order chi connectivity index (χ0) is 22.0. The van der Waals surface area contributed by atoms with Crippen LogP contribution in [0.4, 0.5) is 11.4 Å². The summed E-state index contributed by atoms with van der Waals surface area (Å²) in [6.45, 7) is 1.48. The summed E-state index contributed by atoms with van der Waals surface area (Å²) in [6.07, 6.45) is -0.290. The van der Waals surface area contributed by atoms with E-state index >= 15 is 0 Å². The van der Waals surface area contributed by atoms with Gasteiger partial charge in [0, 0.05) is 16.9 Å². The molecule has 0 aliphatic carbocycles. The van der Waals surface area contributed by atoms with Gasteiger partial charge in [-0.15, -0.1) is 11.8 Å². The highest BCUT2D eigenvalue weighted by Crippen LogP contribution is 2.37. The molecule has 2 heterocycles. The lowest BCUT2D eigenvalue weighted by atomic mass is 10.1. The third kappa shape index (κ3) is 4.93. The van der Waals surface area contributed by atoms with Gasteiger partial charge in [0.05, 0.1) is 5.75 Å². The van der Waals surface area contributed by atoms with Crippen LogP contribution in [0.5, 0.6) is 0 Å². The number of Topliss-reactive ketones (excluding diaryl/α,β-unsaturated/α-hetero) is 1. The topological polar surface area (TPSA) is 90.5 Å². The van der Waals surface area contributed by atoms with E-state index in [0.717, 1.165) is 5.69 Å². The van der Waals surface area contributed by atoms with Gasteiger partial charge in [-0.2, -0.15) is 0 Å². The number of amides is 2. The highest BCUT2D eigenvalue weighted by atomic mass is 32.2. The molecule has 7 nitrogen and oxygen atoms in total. The number of rotatable bonds is 6. The average molecular weight is 473 g/mol. The number of hydrogen-bond donors (Lipinski definition) is 3. The van der Waals surface area contributed by atoms with Gasteiger partial charge < -0.3 is 15.5 Å². The molecular weight excluding hydrogens is 452 g/mol. The predicted octanol–water partition coefficient (Wildman–Crippen LogP) is 2.80. The van der Waals surface area contributed by atoms with Gasteiger partial charge in [0.15, 0.2) is 5.78 Å². The van der Waals surface area contributed by atoms with Crippen molar-refractivity contribution >= 4 is 69.0 Å². The van der Waals surface area contributed by atoms with Crippen molar-refractivity contribution in [2.24, 2.45) is 0 Å². The number of thiocarbonyl (C=S) groups is 1. The summed E-state index contributed by atoms with van der Waals surface area (Å²) >= 11 is 8.15. The lowest BCUT2D eigenvalue weighted by molar-refractivity contribution is -0.122. The molecule has 10 heteroatoms. The number of hydrogen-bond acceptors (Lipinski definition) is 7. The Bertz CT molecular complexity index is 1030. The van der Waals surface area contributed by atoms with E-state index < -0.39 is 5.50 Å². The summed E-state index contributed by atoms with van der Waals surface area (Å²) in [7, 11) is 0. The maximum absolute atomic E-state index is 12.6. The van der Waals surface area contributed by atoms with E-state index in [1.165, 1.54) is 30.4 Å². The number of benzene rings is 2. The molecule has 31 heavy (non-hydrogen) atoms. The molecule has 160 valence electrons. The molecule has 3 atom stereocenters. The molecule has 0 spiro atoms. The van der Waals surface area contributed by atoms with Crippen molar-refractivity contribution in [3.8, 4) is 0 Å². The van der Waals surface area contributed by atoms with Crippen molar-refractivity contribution in [3.63, 3.8) is 0 Å². The summed E-state index contributed by atoms with van der Waals surface area (Å²) in [5, 5.41) is 8.73. The van der Waals surface area contributed by atoms with Crippen LogP contribution >= 0.6 is 35.7 Å². The highest BCUT2D eigenvalue weighted by molar-refractivity contribution is 8.24. The van der Waals surface area contributed by atoms with Gasteiger partial charge in [-0.1, -0.05) is 54.3 Å². The van der Waals surface area contributed by atoms with Crippen LogP contribution in [0.1, 0.15) is 17.3 Å². The minimum Gasteiger partial charge on any atom is -0.331 e. The normalized spacial score (nSPS) is 22.6. The minimum absolute atomic E-state index is 0.0653. The van der Waals surface area contributed by atoms with Crippen molar-refractivity contribution in [3.05, 3.63) is 60.2 Å². The number of fused-ring (bicyclic) bond motifs is 1. The molecule has 0 saturated carbocycles. The maximum Gasteiger partial charge on any atom is 0.238 e. The van der Waals surface area contributed by atoms with Crippen LogP contribution in [-0.2, 0) is 9.59 Å².